The van der Waals surface area contributed by atoms with Crippen molar-refractivity contribution in [2.75, 3.05) is 19.7 Å². The van der Waals surface area contributed by atoms with Crippen molar-refractivity contribution in [3.05, 3.63) is 39.9 Å². The number of para-hydroxylation sites is 1. The standard InChI is InChI=1S/C16H24N4O3/c1-3-17-15(19-12-16(2)9-6-10-23-16)18-11-13-7-4-5-8-14(13)20(21)22/h4-5,7-8H,3,6,9-12H2,1-2H3,(H2,17,18,19). The fraction of sp³-hybridized carbons (Fsp3) is 0.562. The summed E-state index contributed by atoms with van der Waals surface area (Å²) in [5.41, 5.74) is 0.519. The van der Waals surface area contributed by atoms with Gasteiger partial charge in [-0.3, -0.25) is 10.1 Å². The highest BCUT2D eigenvalue weighted by atomic mass is 16.6. The topological polar surface area (TPSA) is 88.8 Å². The number of hydrogen-bond donors (Lipinski definition) is 2. The van der Waals surface area contributed by atoms with E-state index in [0.717, 1.165) is 26.0 Å². The predicted octanol–water partition coefficient (Wildman–Crippen LogP) is 2.22. The number of aliphatic imine (C=N–C) groups is 1. The fourth-order valence-electron chi connectivity index (χ4n) is 2.58. The maximum atomic E-state index is 11.0. The van der Waals surface area contributed by atoms with E-state index in [2.05, 4.69) is 22.5 Å². The number of guanidine groups is 1. The summed E-state index contributed by atoms with van der Waals surface area (Å²) in [5.74, 6) is 0.641. The molecule has 1 aliphatic heterocycles. The molecule has 1 aromatic carbocycles. The molecule has 7 nitrogen and oxygen atoms in total. The molecule has 1 aliphatic rings. The van der Waals surface area contributed by atoms with E-state index < -0.39 is 0 Å². The molecule has 1 unspecified atom stereocenters. The van der Waals surface area contributed by atoms with Crippen LogP contribution in [0, 0.1) is 10.1 Å². The molecule has 0 saturated carbocycles. The first-order chi connectivity index (χ1) is 11.0. The van der Waals surface area contributed by atoms with Gasteiger partial charge in [0.05, 0.1) is 22.6 Å². The summed E-state index contributed by atoms with van der Waals surface area (Å²) in [6.07, 6.45) is 2.09. The maximum Gasteiger partial charge on any atom is 0.274 e. The molecule has 1 saturated heterocycles. The Morgan fingerprint density at radius 2 is 2.22 bits per heavy atom. The number of benzene rings is 1. The molecular weight excluding hydrogens is 296 g/mol. The largest absolute Gasteiger partial charge is 0.373 e. The molecule has 23 heavy (non-hydrogen) atoms. The van der Waals surface area contributed by atoms with Crippen molar-refractivity contribution < 1.29 is 9.66 Å². The first-order valence-electron chi connectivity index (χ1n) is 7.92. The number of nitro groups is 1. The Morgan fingerprint density at radius 1 is 1.43 bits per heavy atom. The van der Waals surface area contributed by atoms with Crippen LogP contribution in [0.2, 0.25) is 0 Å². The van der Waals surface area contributed by atoms with Crippen LogP contribution in [0.25, 0.3) is 0 Å². The van der Waals surface area contributed by atoms with Crippen molar-refractivity contribution in [2.24, 2.45) is 4.99 Å². The van der Waals surface area contributed by atoms with Crippen LogP contribution in [-0.4, -0.2) is 36.2 Å². The molecule has 1 fully saturated rings. The Balaban J connectivity index is 2.02. The Kier molecular flexibility index (Phi) is 5.92. The smallest absolute Gasteiger partial charge is 0.274 e. The molecule has 0 radical (unpaired) electrons. The molecule has 1 heterocycles. The summed E-state index contributed by atoms with van der Waals surface area (Å²) < 4.78 is 5.75. The van der Waals surface area contributed by atoms with Crippen molar-refractivity contribution >= 4 is 11.6 Å². The minimum Gasteiger partial charge on any atom is -0.373 e. The molecule has 126 valence electrons. The van der Waals surface area contributed by atoms with Crippen molar-refractivity contribution in [3.63, 3.8) is 0 Å². The van der Waals surface area contributed by atoms with E-state index in [1.54, 1.807) is 18.2 Å². The van der Waals surface area contributed by atoms with Gasteiger partial charge in [0.1, 0.15) is 0 Å². The highest BCUT2D eigenvalue weighted by molar-refractivity contribution is 5.79. The molecular formula is C16H24N4O3. The fourth-order valence-corrected chi connectivity index (χ4v) is 2.58. The molecule has 0 spiro atoms. The van der Waals surface area contributed by atoms with Gasteiger partial charge in [0, 0.05) is 25.8 Å². The average molecular weight is 320 g/mol. The van der Waals surface area contributed by atoms with E-state index in [1.165, 1.54) is 6.07 Å². The zero-order valence-electron chi connectivity index (χ0n) is 13.7. The van der Waals surface area contributed by atoms with E-state index in [1.807, 2.05) is 6.92 Å². The van der Waals surface area contributed by atoms with Gasteiger partial charge in [0.25, 0.3) is 5.69 Å². The van der Waals surface area contributed by atoms with Gasteiger partial charge < -0.3 is 15.4 Å². The van der Waals surface area contributed by atoms with Crippen molar-refractivity contribution in [2.45, 2.75) is 38.8 Å². The van der Waals surface area contributed by atoms with E-state index >= 15 is 0 Å². The summed E-state index contributed by atoms with van der Waals surface area (Å²) >= 11 is 0. The van der Waals surface area contributed by atoms with E-state index in [-0.39, 0.29) is 22.8 Å². The summed E-state index contributed by atoms with van der Waals surface area (Å²) in [6.45, 7) is 6.50. The second-order valence-corrected chi connectivity index (χ2v) is 5.84. The van der Waals surface area contributed by atoms with Gasteiger partial charge in [-0.15, -0.1) is 0 Å². The molecule has 2 rings (SSSR count). The number of nitrogens with zero attached hydrogens (tertiary/aromatic N) is 2. The van der Waals surface area contributed by atoms with E-state index in [9.17, 15) is 10.1 Å². The van der Waals surface area contributed by atoms with Crippen LogP contribution in [0.15, 0.2) is 29.3 Å². The van der Waals surface area contributed by atoms with Crippen molar-refractivity contribution in [1.29, 1.82) is 0 Å². The summed E-state index contributed by atoms with van der Waals surface area (Å²) in [6, 6.07) is 6.67. The Hall–Kier alpha value is -2.15. The zero-order chi connectivity index (χ0) is 16.7. The Bertz CT molecular complexity index is 568. The third-order valence-corrected chi connectivity index (χ3v) is 3.87. The van der Waals surface area contributed by atoms with Crippen molar-refractivity contribution in [1.82, 2.24) is 10.6 Å². The minimum absolute atomic E-state index is 0.0955. The predicted molar refractivity (Wildman–Crippen MR) is 89.5 cm³/mol. The van der Waals surface area contributed by atoms with Gasteiger partial charge in [-0.05, 0) is 26.7 Å². The molecule has 1 atom stereocenters. The molecule has 2 N–H and O–H groups in total. The lowest BCUT2D eigenvalue weighted by Gasteiger charge is -2.24. The van der Waals surface area contributed by atoms with Gasteiger partial charge in [-0.25, -0.2) is 4.99 Å². The van der Waals surface area contributed by atoms with Crippen LogP contribution in [-0.2, 0) is 11.3 Å². The van der Waals surface area contributed by atoms with Crippen LogP contribution in [0.5, 0.6) is 0 Å². The third kappa shape index (κ3) is 4.92. The summed E-state index contributed by atoms with van der Waals surface area (Å²) in [5, 5.41) is 17.5. The van der Waals surface area contributed by atoms with Gasteiger partial charge >= 0.3 is 0 Å². The molecule has 0 aromatic heterocycles. The highest BCUT2D eigenvalue weighted by Crippen LogP contribution is 2.24. The normalized spacial score (nSPS) is 21.2. The zero-order valence-corrected chi connectivity index (χ0v) is 13.7. The Morgan fingerprint density at radius 3 is 2.87 bits per heavy atom. The molecule has 0 bridgehead atoms. The van der Waals surface area contributed by atoms with E-state index in [4.69, 9.17) is 4.74 Å². The second-order valence-electron chi connectivity index (χ2n) is 5.84. The third-order valence-electron chi connectivity index (χ3n) is 3.87. The first-order valence-corrected chi connectivity index (χ1v) is 7.92. The number of nitro benzene ring substituents is 1. The molecule has 1 aromatic rings. The minimum atomic E-state index is -0.376. The van der Waals surface area contributed by atoms with Gasteiger partial charge in [0.2, 0.25) is 0 Å². The van der Waals surface area contributed by atoms with Gasteiger partial charge in [-0.2, -0.15) is 0 Å². The highest BCUT2D eigenvalue weighted by Gasteiger charge is 2.29. The lowest BCUT2D eigenvalue weighted by molar-refractivity contribution is -0.385. The summed E-state index contributed by atoms with van der Waals surface area (Å²) in [4.78, 5) is 15.1. The van der Waals surface area contributed by atoms with Crippen LogP contribution < -0.4 is 10.6 Å². The lowest BCUT2D eigenvalue weighted by atomic mass is 10.0. The number of hydrogen-bond acceptors (Lipinski definition) is 4. The van der Waals surface area contributed by atoms with Crippen LogP contribution in [0.3, 0.4) is 0 Å². The van der Waals surface area contributed by atoms with Gasteiger partial charge in [-0.1, -0.05) is 18.2 Å². The SMILES string of the molecule is CCNC(=NCc1ccccc1[N+](=O)[O-])NCC1(C)CCCO1. The molecule has 0 amide bonds. The second kappa shape index (κ2) is 7.92. The number of ether oxygens (including phenoxy) is 1. The average Bonchev–Trinajstić information content (AvgIpc) is 2.97. The summed E-state index contributed by atoms with van der Waals surface area (Å²) in [7, 11) is 0. The lowest BCUT2D eigenvalue weighted by Crippen LogP contribution is -2.45. The van der Waals surface area contributed by atoms with E-state index in [0.29, 0.717) is 18.1 Å². The van der Waals surface area contributed by atoms with Gasteiger partial charge in [0.15, 0.2) is 5.96 Å². The molecule has 7 heteroatoms. The van der Waals surface area contributed by atoms with Crippen LogP contribution >= 0.6 is 0 Å². The number of rotatable bonds is 6. The first kappa shape index (κ1) is 17.2. The van der Waals surface area contributed by atoms with Crippen LogP contribution in [0.4, 0.5) is 5.69 Å². The van der Waals surface area contributed by atoms with Crippen LogP contribution in [0.1, 0.15) is 32.3 Å². The van der Waals surface area contributed by atoms with Crippen molar-refractivity contribution in [3.8, 4) is 0 Å². The Labute approximate surface area is 136 Å². The number of nitrogens with one attached hydrogen (secondary N) is 2. The maximum absolute atomic E-state index is 11.0. The monoisotopic (exact) mass is 320 g/mol. The quantitative estimate of drug-likeness (QED) is 0.363. The molecule has 0 aliphatic carbocycles.